The standard InChI is InChI=1S/C30H39N3/c1-3-10-24-16-18-25(19-17-24)22-33-30(26-12-6-5-7-13-26)29(28(32-33)15-9-20-31)27-14-8-11-23(4-2)21-27/h5-8,11-14,21,24-25,29-30H,3-4,9-10,15-19,22H2,1-2H3. The molecule has 1 aliphatic heterocycles. The minimum atomic E-state index is 0.209. The fourth-order valence-corrected chi connectivity index (χ4v) is 5.96. The summed E-state index contributed by atoms with van der Waals surface area (Å²) < 4.78 is 0. The number of hydrogen-bond donors (Lipinski definition) is 0. The Morgan fingerprint density at radius 3 is 2.36 bits per heavy atom. The van der Waals surface area contributed by atoms with Gasteiger partial charge in [-0.2, -0.15) is 10.4 Å². The number of rotatable bonds is 9. The average Bonchev–Trinajstić information content (AvgIpc) is 3.22. The van der Waals surface area contributed by atoms with Crippen molar-refractivity contribution in [3.63, 3.8) is 0 Å². The van der Waals surface area contributed by atoms with E-state index >= 15 is 0 Å². The molecule has 2 aromatic rings. The van der Waals surface area contributed by atoms with Crippen molar-refractivity contribution in [2.24, 2.45) is 16.9 Å². The molecule has 2 unspecified atom stereocenters. The molecular weight excluding hydrogens is 402 g/mol. The molecule has 3 nitrogen and oxygen atoms in total. The molecule has 1 saturated carbocycles. The molecule has 33 heavy (non-hydrogen) atoms. The largest absolute Gasteiger partial charge is 0.288 e. The number of hydrazone groups is 1. The zero-order valence-electron chi connectivity index (χ0n) is 20.4. The van der Waals surface area contributed by atoms with Crippen LogP contribution in [0, 0.1) is 23.2 Å². The van der Waals surface area contributed by atoms with Crippen LogP contribution in [-0.2, 0) is 6.42 Å². The Morgan fingerprint density at radius 1 is 0.939 bits per heavy atom. The van der Waals surface area contributed by atoms with E-state index in [1.165, 1.54) is 60.9 Å². The van der Waals surface area contributed by atoms with Gasteiger partial charge < -0.3 is 0 Å². The monoisotopic (exact) mass is 441 g/mol. The summed E-state index contributed by atoms with van der Waals surface area (Å²) in [6.07, 6.45) is 10.4. The van der Waals surface area contributed by atoms with Crippen LogP contribution in [0.3, 0.4) is 0 Å². The summed E-state index contributed by atoms with van der Waals surface area (Å²) in [5.41, 5.74) is 5.22. The molecule has 0 N–H and O–H groups in total. The zero-order chi connectivity index (χ0) is 23.0. The summed E-state index contributed by atoms with van der Waals surface area (Å²) in [5, 5.41) is 17.0. The molecule has 1 fully saturated rings. The topological polar surface area (TPSA) is 39.4 Å². The Bertz CT molecular complexity index is 950. The van der Waals surface area contributed by atoms with Crippen LogP contribution in [0.25, 0.3) is 0 Å². The van der Waals surface area contributed by atoms with E-state index in [0.29, 0.717) is 12.3 Å². The van der Waals surface area contributed by atoms with E-state index in [0.717, 1.165) is 25.3 Å². The maximum atomic E-state index is 9.33. The molecule has 174 valence electrons. The average molecular weight is 442 g/mol. The van der Waals surface area contributed by atoms with E-state index in [1.54, 1.807) is 0 Å². The first-order valence-electron chi connectivity index (χ1n) is 13.1. The minimum Gasteiger partial charge on any atom is -0.288 e. The Labute approximate surface area is 200 Å². The molecule has 0 radical (unpaired) electrons. The van der Waals surface area contributed by atoms with Crippen molar-refractivity contribution in [1.82, 2.24) is 5.01 Å². The maximum Gasteiger partial charge on any atom is 0.0841 e. The highest BCUT2D eigenvalue weighted by Gasteiger charge is 2.40. The lowest BCUT2D eigenvalue weighted by atomic mass is 9.79. The van der Waals surface area contributed by atoms with Crippen molar-refractivity contribution < 1.29 is 0 Å². The van der Waals surface area contributed by atoms with Gasteiger partial charge in [-0.05, 0) is 47.8 Å². The highest BCUT2D eigenvalue weighted by atomic mass is 15.5. The second kappa shape index (κ2) is 11.5. The lowest BCUT2D eigenvalue weighted by molar-refractivity contribution is 0.149. The molecule has 0 aromatic heterocycles. The third kappa shape index (κ3) is 5.67. The predicted molar refractivity (Wildman–Crippen MR) is 137 cm³/mol. The normalized spacial score (nSPS) is 25.0. The first kappa shape index (κ1) is 23.6. The number of benzene rings is 2. The SMILES string of the molecule is CCCC1CCC(CN2N=C(CCC#N)C(c3cccc(CC)c3)C2c2ccccc2)CC1. The van der Waals surface area contributed by atoms with Gasteiger partial charge in [0.1, 0.15) is 0 Å². The quantitative estimate of drug-likeness (QED) is 0.401. The lowest BCUT2D eigenvalue weighted by Gasteiger charge is -2.34. The molecule has 1 heterocycles. The van der Waals surface area contributed by atoms with Gasteiger partial charge in [-0.15, -0.1) is 0 Å². The van der Waals surface area contributed by atoms with Crippen LogP contribution in [0.4, 0.5) is 0 Å². The molecule has 0 bridgehead atoms. The van der Waals surface area contributed by atoms with Gasteiger partial charge in [0.25, 0.3) is 0 Å². The predicted octanol–water partition coefficient (Wildman–Crippen LogP) is 7.66. The molecule has 4 rings (SSSR count). The minimum absolute atomic E-state index is 0.209. The van der Waals surface area contributed by atoms with Gasteiger partial charge >= 0.3 is 0 Å². The maximum absolute atomic E-state index is 9.33. The number of hydrogen-bond acceptors (Lipinski definition) is 3. The Hall–Kier alpha value is -2.60. The molecule has 1 aliphatic carbocycles. The van der Waals surface area contributed by atoms with E-state index in [2.05, 4.69) is 79.5 Å². The molecular formula is C30H39N3. The van der Waals surface area contributed by atoms with Gasteiger partial charge in [-0.3, -0.25) is 5.01 Å². The fraction of sp³-hybridized carbons (Fsp3) is 0.533. The van der Waals surface area contributed by atoms with Crippen LogP contribution in [0.1, 0.15) is 93.9 Å². The lowest BCUT2D eigenvalue weighted by Crippen LogP contribution is -2.31. The third-order valence-electron chi connectivity index (χ3n) is 7.71. The van der Waals surface area contributed by atoms with Crippen LogP contribution in [-0.4, -0.2) is 17.3 Å². The highest BCUT2D eigenvalue weighted by molar-refractivity contribution is 5.93. The fourth-order valence-electron chi connectivity index (χ4n) is 5.96. The third-order valence-corrected chi connectivity index (χ3v) is 7.71. The zero-order valence-corrected chi connectivity index (χ0v) is 20.4. The highest BCUT2D eigenvalue weighted by Crippen LogP contribution is 2.45. The Balaban J connectivity index is 1.64. The summed E-state index contributed by atoms with van der Waals surface area (Å²) >= 11 is 0. The van der Waals surface area contributed by atoms with Crippen molar-refractivity contribution in [2.75, 3.05) is 6.54 Å². The molecule has 3 heteroatoms. The van der Waals surface area contributed by atoms with Crippen LogP contribution in [0.15, 0.2) is 59.7 Å². The van der Waals surface area contributed by atoms with Crippen LogP contribution >= 0.6 is 0 Å². The van der Waals surface area contributed by atoms with E-state index in [-0.39, 0.29) is 12.0 Å². The van der Waals surface area contributed by atoms with E-state index in [4.69, 9.17) is 5.10 Å². The summed E-state index contributed by atoms with van der Waals surface area (Å²) in [6, 6.07) is 22.5. The number of aryl methyl sites for hydroxylation is 1. The van der Waals surface area contributed by atoms with E-state index in [9.17, 15) is 5.26 Å². The van der Waals surface area contributed by atoms with Gasteiger partial charge in [-0.25, -0.2) is 0 Å². The van der Waals surface area contributed by atoms with E-state index in [1.807, 2.05) is 0 Å². The Kier molecular flexibility index (Phi) is 8.21. The van der Waals surface area contributed by atoms with Crippen molar-refractivity contribution in [3.8, 4) is 6.07 Å². The summed E-state index contributed by atoms with van der Waals surface area (Å²) in [5.74, 6) is 1.85. The van der Waals surface area contributed by atoms with Gasteiger partial charge in [0.05, 0.1) is 18.0 Å². The summed E-state index contributed by atoms with van der Waals surface area (Å²) in [4.78, 5) is 0. The molecule has 0 saturated heterocycles. The number of nitrogens with zero attached hydrogens (tertiary/aromatic N) is 3. The number of nitriles is 1. The molecule has 2 aliphatic rings. The van der Waals surface area contributed by atoms with Gasteiger partial charge in [-0.1, -0.05) is 94.1 Å². The van der Waals surface area contributed by atoms with Crippen molar-refractivity contribution in [1.29, 1.82) is 5.26 Å². The van der Waals surface area contributed by atoms with Crippen molar-refractivity contribution in [3.05, 3.63) is 71.3 Å². The molecule has 0 amide bonds. The van der Waals surface area contributed by atoms with Crippen molar-refractivity contribution >= 4 is 5.71 Å². The first-order chi connectivity index (χ1) is 16.2. The van der Waals surface area contributed by atoms with Crippen LogP contribution in [0.2, 0.25) is 0 Å². The molecule has 2 atom stereocenters. The molecule has 0 spiro atoms. The summed E-state index contributed by atoms with van der Waals surface area (Å²) in [6.45, 7) is 5.55. The van der Waals surface area contributed by atoms with Gasteiger partial charge in [0.2, 0.25) is 0 Å². The summed E-state index contributed by atoms with van der Waals surface area (Å²) in [7, 11) is 0. The van der Waals surface area contributed by atoms with Crippen LogP contribution in [0.5, 0.6) is 0 Å². The Morgan fingerprint density at radius 2 is 1.67 bits per heavy atom. The van der Waals surface area contributed by atoms with Gasteiger partial charge in [0.15, 0.2) is 0 Å². The first-order valence-corrected chi connectivity index (χ1v) is 13.1. The van der Waals surface area contributed by atoms with Crippen LogP contribution < -0.4 is 0 Å². The second-order valence-electron chi connectivity index (χ2n) is 9.98. The van der Waals surface area contributed by atoms with E-state index < -0.39 is 0 Å². The van der Waals surface area contributed by atoms with Gasteiger partial charge in [0, 0.05) is 25.1 Å². The molecule has 2 aromatic carbocycles. The van der Waals surface area contributed by atoms with Crippen molar-refractivity contribution in [2.45, 2.75) is 83.6 Å². The smallest absolute Gasteiger partial charge is 0.0841 e. The second-order valence-corrected chi connectivity index (χ2v) is 9.98.